The SMILES string of the molecule is COc1ccc2c(c1)CCN(S(=O)(=O)CCNC(=O)COc1cccnc1)C2. The van der Waals surface area contributed by atoms with Crippen LogP contribution in [0.1, 0.15) is 11.1 Å². The van der Waals surface area contributed by atoms with Crippen LogP contribution in [0.2, 0.25) is 0 Å². The van der Waals surface area contributed by atoms with Crippen LogP contribution in [0.4, 0.5) is 0 Å². The van der Waals surface area contributed by atoms with Crippen molar-refractivity contribution in [3.8, 4) is 11.5 Å². The highest BCUT2D eigenvalue weighted by molar-refractivity contribution is 7.89. The summed E-state index contributed by atoms with van der Waals surface area (Å²) in [7, 11) is -1.86. The van der Waals surface area contributed by atoms with Gasteiger partial charge in [0.25, 0.3) is 5.91 Å². The average molecular weight is 405 g/mol. The molecule has 9 heteroatoms. The molecule has 1 aromatic carbocycles. The van der Waals surface area contributed by atoms with Gasteiger partial charge in [0.05, 0.1) is 19.1 Å². The molecule has 2 heterocycles. The second-order valence-corrected chi connectivity index (χ2v) is 8.45. The predicted molar refractivity (Wildman–Crippen MR) is 104 cm³/mol. The van der Waals surface area contributed by atoms with Crippen LogP contribution in [-0.2, 0) is 27.8 Å². The van der Waals surface area contributed by atoms with Crippen LogP contribution in [0.5, 0.6) is 11.5 Å². The van der Waals surface area contributed by atoms with E-state index in [2.05, 4.69) is 10.3 Å². The Balaban J connectivity index is 1.46. The molecule has 1 amide bonds. The minimum Gasteiger partial charge on any atom is -0.497 e. The van der Waals surface area contributed by atoms with E-state index in [1.807, 2.05) is 18.2 Å². The van der Waals surface area contributed by atoms with Gasteiger partial charge in [-0.15, -0.1) is 0 Å². The number of pyridine rings is 1. The van der Waals surface area contributed by atoms with Crippen LogP contribution >= 0.6 is 0 Å². The van der Waals surface area contributed by atoms with Gasteiger partial charge in [-0.05, 0) is 41.8 Å². The Morgan fingerprint density at radius 3 is 2.86 bits per heavy atom. The highest BCUT2D eigenvalue weighted by Crippen LogP contribution is 2.25. The zero-order chi connectivity index (χ0) is 20.0. The maximum atomic E-state index is 12.6. The lowest BCUT2D eigenvalue weighted by Crippen LogP contribution is -2.41. The summed E-state index contributed by atoms with van der Waals surface area (Å²) in [6.45, 7) is 0.592. The van der Waals surface area contributed by atoms with Crippen molar-refractivity contribution in [2.24, 2.45) is 0 Å². The van der Waals surface area contributed by atoms with E-state index < -0.39 is 10.0 Å². The van der Waals surface area contributed by atoms with E-state index in [4.69, 9.17) is 9.47 Å². The maximum absolute atomic E-state index is 12.6. The molecule has 0 radical (unpaired) electrons. The molecule has 0 spiro atoms. The lowest BCUT2D eigenvalue weighted by molar-refractivity contribution is -0.122. The Labute approximate surface area is 164 Å². The fourth-order valence-corrected chi connectivity index (χ4v) is 4.27. The normalized spacial score (nSPS) is 14.2. The molecule has 3 rings (SSSR count). The molecule has 1 aromatic heterocycles. The minimum atomic E-state index is -3.47. The maximum Gasteiger partial charge on any atom is 0.257 e. The predicted octanol–water partition coefficient (Wildman–Crippen LogP) is 0.973. The summed E-state index contributed by atoms with van der Waals surface area (Å²) in [6, 6.07) is 9.06. The highest BCUT2D eigenvalue weighted by Gasteiger charge is 2.26. The summed E-state index contributed by atoms with van der Waals surface area (Å²) in [6.07, 6.45) is 3.74. The number of aromatic nitrogens is 1. The van der Waals surface area contributed by atoms with E-state index in [1.54, 1.807) is 25.4 Å². The topological polar surface area (TPSA) is 97.8 Å². The van der Waals surface area contributed by atoms with Crippen LogP contribution in [0, 0.1) is 0 Å². The molecule has 0 atom stereocenters. The summed E-state index contributed by atoms with van der Waals surface area (Å²) in [5.74, 6) is 0.715. The molecule has 2 aromatic rings. The van der Waals surface area contributed by atoms with Gasteiger partial charge in [-0.3, -0.25) is 9.78 Å². The van der Waals surface area contributed by atoms with Gasteiger partial charge in [-0.1, -0.05) is 6.07 Å². The molecular formula is C19H23N3O5S. The van der Waals surface area contributed by atoms with E-state index >= 15 is 0 Å². The van der Waals surface area contributed by atoms with Crippen molar-refractivity contribution in [2.75, 3.05) is 32.6 Å². The van der Waals surface area contributed by atoms with Gasteiger partial charge in [0.2, 0.25) is 10.0 Å². The van der Waals surface area contributed by atoms with E-state index in [9.17, 15) is 13.2 Å². The third-order valence-corrected chi connectivity index (χ3v) is 6.29. The van der Waals surface area contributed by atoms with E-state index in [0.29, 0.717) is 25.3 Å². The average Bonchev–Trinajstić information content (AvgIpc) is 2.72. The smallest absolute Gasteiger partial charge is 0.257 e. The van der Waals surface area contributed by atoms with Gasteiger partial charge in [0.1, 0.15) is 11.5 Å². The molecule has 0 bridgehead atoms. The number of carbonyl (C=O) groups excluding carboxylic acids is 1. The van der Waals surface area contributed by atoms with Crippen molar-refractivity contribution in [2.45, 2.75) is 13.0 Å². The summed E-state index contributed by atoms with van der Waals surface area (Å²) >= 11 is 0. The molecule has 0 saturated carbocycles. The number of nitrogens with zero attached hydrogens (tertiary/aromatic N) is 2. The molecule has 1 aliphatic rings. The van der Waals surface area contributed by atoms with Crippen molar-refractivity contribution >= 4 is 15.9 Å². The third-order valence-electron chi connectivity index (χ3n) is 4.47. The zero-order valence-corrected chi connectivity index (χ0v) is 16.4. The highest BCUT2D eigenvalue weighted by atomic mass is 32.2. The number of fused-ring (bicyclic) bond motifs is 1. The number of carbonyl (C=O) groups is 1. The number of amides is 1. The van der Waals surface area contributed by atoms with Gasteiger partial charge in [-0.25, -0.2) is 8.42 Å². The van der Waals surface area contributed by atoms with Crippen molar-refractivity contribution in [3.05, 3.63) is 53.9 Å². The monoisotopic (exact) mass is 405 g/mol. The number of sulfonamides is 1. The Morgan fingerprint density at radius 2 is 2.11 bits per heavy atom. The number of nitrogens with one attached hydrogen (secondary N) is 1. The molecule has 0 saturated heterocycles. The first-order valence-corrected chi connectivity index (χ1v) is 10.5. The first kappa shape index (κ1) is 20.1. The molecular weight excluding hydrogens is 382 g/mol. The summed E-state index contributed by atoms with van der Waals surface area (Å²) in [4.78, 5) is 15.7. The largest absolute Gasteiger partial charge is 0.497 e. The third kappa shape index (κ3) is 5.20. The summed E-state index contributed by atoms with van der Waals surface area (Å²) in [5.41, 5.74) is 2.08. The van der Waals surface area contributed by atoms with Crippen molar-refractivity contribution in [3.63, 3.8) is 0 Å². The van der Waals surface area contributed by atoms with Gasteiger partial charge >= 0.3 is 0 Å². The van der Waals surface area contributed by atoms with Crippen LogP contribution in [0.15, 0.2) is 42.7 Å². The van der Waals surface area contributed by atoms with Gasteiger partial charge in [-0.2, -0.15) is 4.31 Å². The van der Waals surface area contributed by atoms with Crippen molar-refractivity contribution < 1.29 is 22.7 Å². The van der Waals surface area contributed by atoms with Crippen LogP contribution in [0.25, 0.3) is 0 Å². The van der Waals surface area contributed by atoms with E-state index in [-0.39, 0.29) is 24.8 Å². The Kier molecular flexibility index (Phi) is 6.48. The molecule has 0 aliphatic carbocycles. The van der Waals surface area contributed by atoms with Gasteiger partial charge < -0.3 is 14.8 Å². The molecule has 150 valence electrons. The van der Waals surface area contributed by atoms with Crippen molar-refractivity contribution in [1.29, 1.82) is 0 Å². The number of methoxy groups -OCH3 is 1. The lowest BCUT2D eigenvalue weighted by atomic mass is 10.0. The number of hydrogen-bond donors (Lipinski definition) is 1. The summed E-state index contributed by atoms with van der Waals surface area (Å²) < 4.78 is 37.1. The van der Waals surface area contributed by atoms with Crippen LogP contribution in [-0.4, -0.2) is 56.2 Å². The number of rotatable bonds is 8. The molecule has 1 aliphatic heterocycles. The Hall–Kier alpha value is -2.65. The Morgan fingerprint density at radius 1 is 1.25 bits per heavy atom. The first-order valence-electron chi connectivity index (χ1n) is 8.91. The standard InChI is InChI=1S/C19H23N3O5S/c1-26-17-5-4-16-13-22(9-6-15(16)11-17)28(24,25)10-8-21-19(23)14-27-18-3-2-7-20-12-18/h2-5,7,11-12H,6,8-10,13-14H2,1H3,(H,21,23). The molecule has 1 N–H and O–H groups in total. The molecule has 0 fully saturated rings. The number of ether oxygens (including phenoxy) is 2. The minimum absolute atomic E-state index is 0.0313. The second kappa shape index (κ2) is 9.03. The van der Waals surface area contributed by atoms with Gasteiger partial charge in [0.15, 0.2) is 6.61 Å². The van der Waals surface area contributed by atoms with Crippen LogP contribution < -0.4 is 14.8 Å². The first-order chi connectivity index (χ1) is 13.5. The fourth-order valence-electron chi connectivity index (χ4n) is 2.95. The molecule has 0 unspecified atom stereocenters. The van der Waals surface area contributed by atoms with E-state index in [0.717, 1.165) is 16.9 Å². The lowest BCUT2D eigenvalue weighted by Gasteiger charge is -2.28. The number of benzene rings is 1. The number of hydrogen-bond acceptors (Lipinski definition) is 6. The van der Waals surface area contributed by atoms with Gasteiger partial charge in [0, 0.05) is 25.8 Å². The zero-order valence-electron chi connectivity index (χ0n) is 15.6. The quantitative estimate of drug-likeness (QED) is 0.703. The summed E-state index contributed by atoms with van der Waals surface area (Å²) in [5, 5.41) is 2.58. The second-order valence-electron chi connectivity index (χ2n) is 6.36. The Bertz CT molecular complexity index is 918. The van der Waals surface area contributed by atoms with Crippen LogP contribution in [0.3, 0.4) is 0 Å². The fraction of sp³-hybridized carbons (Fsp3) is 0.368. The van der Waals surface area contributed by atoms with Crippen molar-refractivity contribution in [1.82, 2.24) is 14.6 Å². The molecule has 8 nitrogen and oxygen atoms in total. The van der Waals surface area contributed by atoms with E-state index in [1.165, 1.54) is 10.5 Å². The molecule has 28 heavy (non-hydrogen) atoms.